The Labute approximate surface area is 232 Å². The maximum absolute atomic E-state index is 6.31. The molecule has 4 aliphatic rings. The predicted octanol–water partition coefficient (Wildman–Crippen LogP) is 5.45. The van der Waals surface area contributed by atoms with E-state index in [-0.39, 0.29) is 0 Å². The average molecular weight is 572 g/mol. The first kappa shape index (κ1) is 23.9. The number of rotatable bonds is 6. The molecule has 7 rings (SSSR count). The zero-order chi connectivity index (χ0) is 25.6. The fourth-order valence-electron chi connectivity index (χ4n) is 5.87. The van der Waals surface area contributed by atoms with Gasteiger partial charge >= 0.3 is 0 Å². The zero-order valence-corrected chi connectivity index (χ0v) is 23.2. The normalized spacial score (nSPS) is 21.2. The van der Waals surface area contributed by atoms with Gasteiger partial charge < -0.3 is 14.4 Å². The molecule has 1 fully saturated rings. The molecule has 6 nitrogen and oxygen atoms in total. The summed E-state index contributed by atoms with van der Waals surface area (Å²) in [5.41, 5.74) is 7.59. The van der Waals surface area contributed by atoms with Gasteiger partial charge in [0.2, 0.25) is 0 Å². The van der Waals surface area contributed by atoms with Crippen molar-refractivity contribution in [3.63, 3.8) is 0 Å². The summed E-state index contributed by atoms with van der Waals surface area (Å²) in [6.07, 6.45) is 8.83. The summed E-state index contributed by atoms with van der Waals surface area (Å²) in [5, 5.41) is 1.20. The van der Waals surface area contributed by atoms with Crippen molar-refractivity contribution >= 4 is 26.8 Å². The van der Waals surface area contributed by atoms with Gasteiger partial charge in [0.15, 0.2) is 5.75 Å². The van der Waals surface area contributed by atoms with Gasteiger partial charge in [-0.2, -0.15) is 0 Å². The van der Waals surface area contributed by atoms with Crippen LogP contribution in [0.1, 0.15) is 16.7 Å². The number of hydrogen-bond donors (Lipinski definition) is 0. The number of benzene rings is 2. The molecule has 0 radical (unpaired) electrons. The van der Waals surface area contributed by atoms with E-state index in [1.54, 1.807) is 7.11 Å². The molecule has 7 heteroatoms. The summed E-state index contributed by atoms with van der Waals surface area (Å²) in [4.78, 5) is 12.2. The number of pyridine rings is 1. The molecule has 38 heavy (non-hydrogen) atoms. The van der Waals surface area contributed by atoms with Crippen molar-refractivity contribution in [2.24, 2.45) is 5.92 Å². The maximum atomic E-state index is 6.31. The van der Waals surface area contributed by atoms with Crippen LogP contribution in [-0.2, 0) is 19.6 Å². The lowest BCUT2D eigenvalue weighted by Crippen LogP contribution is -2.45. The van der Waals surface area contributed by atoms with Crippen LogP contribution < -0.4 is 9.47 Å². The summed E-state index contributed by atoms with van der Waals surface area (Å²) in [6.45, 7) is 7.36. The van der Waals surface area contributed by atoms with E-state index < -0.39 is 0 Å². The number of methoxy groups -OCH3 is 1. The van der Waals surface area contributed by atoms with E-state index in [2.05, 4.69) is 73.1 Å². The van der Waals surface area contributed by atoms with Gasteiger partial charge in [-0.25, -0.2) is 0 Å². The highest BCUT2D eigenvalue weighted by Gasteiger charge is 2.34. The molecule has 3 heterocycles. The highest BCUT2D eigenvalue weighted by molar-refractivity contribution is 9.12. The molecule has 1 unspecified atom stereocenters. The SMILES string of the molecule is COc1ccc(CN2COc3c(cc(CN4CCN(C5=CC6=C(Br)C6C=C5)CC4)c4cccnc34)C2)cc1. The molecule has 1 aromatic heterocycles. The third kappa shape index (κ3) is 4.53. The summed E-state index contributed by atoms with van der Waals surface area (Å²) >= 11 is 3.68. The Hall–Kier alpha value is -3.13. The first-order valence-electron chi connectivity index (χ1n) is 13.3. The Morgan fingerprint density at radius 2 is 1.89 bits per heavy atom. The summed E-state index contributed by atoms with van der Waals surface area (Å²) in [6, 6.07) is 14.9. The number of halogens is 1. The van der Waals surface area contributed by atoms with Crippen molar-refractivity contribution in [1.82, 2.24) is 19.7 Å². The van der Waals surface area contributed by atoms with Gasteiger partial charge in [0.05, 0.1) is 7.11 Å². The Morgan fingerprint density at radius 1 is 1.05 bits per heavy atom. The minimum Gasteiger partial charge on any atom is -0.497 e. The van der Waals surface area contributed by atoms with Gasteiger partial charge in [0.25, 0.3) is 0 Å². The summed E-state index contributed by atoms with van der Waals surface area (Å²) in [5.74, 6) is 2.36. The molecule has 3 aromatic rings. The van der Waals surface area contributed by atoms with Crippen LogP contribution in [0, 0.1) is 5.92 Å². The van der Waals surface area contributed by atoms with Gasteiger partial charge in [-0.05, 0) is 53.1 Å². The maximum Gasteiger partial charge on any atom is 0.152 e. The van der Waals surface area contributed by atoms with Crippen molar-refractivity contribution in [1.29, 1.82) is 0 Å². The highest BCUT2D eigenvalue weighted by atomic mass is 79.9. The highest BCUT2D eigenvalue weighted by Crippen LogP contribution is 2.48. The first-order chi connectivity index (χ1) is 18.7. The monoisotopic (exact) mass is 570 g/mol. The molecule has 194 valence electrons. The zero-order valence-electron chi connectivity index (χ0n) is 21.6. The van der Waals surface area contributed by atoms with Gasteiger partial charge in [0.1, 0.15) is 18.0 Å². The summed E-state index contributed by atoms with van der Waals surface area (Å²) in [7, 11) is 1.70. The molecule has 1 saturated heterocycles. The molecular weight excluding hydrogens is 540 g/mol. The van der Waals surface area contributed by atoms with Gasteiger partial charge in [-0.1, -0.05) is 40.2 Å². The van der Waals surface area contributed by atoms with E-state index in [1.807, 2.05) is 24.4 Å². The number of ether oxygens (including phenoxy) is 2. The predicted molar refractivity (Wildman–Crippen MR) is 153 cm³/mol. The lowest BCUT2D eigenvalue weighted by molar-refractivity contribution is 0.0900. The van der Waals surface area contributed by atoms with Gasteiger partial charge in [-0.15, -0.1) is 0 Å². The second kappa shape index (κ2) is 9.88. The van der Waals surface area contributed by atoms with Crippen LogP contribution in [0.2, 0.25) is 0 Å². The van der Waals surface area contributed by atoms with Crippen molar-refractivity contribution in [2.45, 2.75) is 19.6 Å². The molecule has 2 aliphatic heterocycles. The Balaban J connectivity index is 1.07. The van der Waals surface area contributed by atoms with Crippen LogP contribution in [0.3, 0.4) is 0 Å². The number of nitrogens with zero attached hydrogens (tertiary/aromatic N) is 4. The van der Waals surface area contributed by atoms with Crippen molar-refractivity contribution < 1.29 is 9.47 Å². The molecule has 1 atom stereocenters. The van der Waals surface area contributed by atoms with E-state index >= 15 is 0 Å². The van der Waals surface area contributed by atoms with E-state index in [0.29, 0.717) is 12.6 Å². The van der Waals surface area contributed by atoms with E-state index in [4.69, 9.17) is 14.5 Å². The molecule has 2 aliphatic carbocycles. The Kier molecular flexibility index (Phi) is 6.22. The lowest BCUT2D eigenvalue weighted by atomic mass is 10.0. The van der Waals surface area contributed by atoms with Crippen LogP contribution >= 0.6 is 15.9 Å². The topological polar surface area (TPSA) is 41.1 Å². The largest absolute Gasteiger partial charge is 0.497 e. The van der Waals surface area contributed by atoms with Crippen molar-refractivity contribution in [3.8, 4) is 11.5 Å². The molecule has 2 aromatic carbocycles. The quantitative estimate of drug-likeness (QED) is 0.393. The smallest absolute Gasteiger partial charge is 0.152 e. The number of piperazine rings is 1. The lowest BCUT2D eigenvalue weighted by Gasteiger charge is -2.37. The first-order valence-corrected chi connectivity index (χ1v) is 14.1. The fourth-order valence-corrected chi connectivity index (χ4v) is 6.52. The Bertz CT molecular complexity index is 1470. The van der Waals surface area contributed by atoms with Crippen LogP contribution in [-0.4, -0.2) is 59.7 Å². The van der Waals surface area contributed by atoms with E-state index in [1.165, 1.54) is 37.8 Å². The van der Waals surface area contributed by atoms with Crippen LogP contribution in [0.25, 0.3) is 10.9 Å². The molecule has 0 bridgehead atoms. The minimum atomic E-state index is 0.544. The number of allylic oxidation sites excluding steroid dienone is 5. The van der Waals surface area contributed by atoms with Crippen LogP contribution in [0.4, 0.5) is 0 Å². The standard InChI is InChI=1S/C31H31BrN4O2/c1-37-25-7-4-21(5-8-25)17-35-19-23-15-22(26-3-2-10-33-30(26)31(23)38-20-35)18-34-11-13-36(14-12-34)24-6-9-27-28(16-24)29(27)32/h2-10,15-16,27H,11-14,17-20H2,1H3. The number of hydrogen-bond acceptors (Lipinski definition) is 6. The molecule has 0 N–H and O–H groups in total. The third-order valence-electron chi connectivity index (χ3n) is 8.05. The number of aromatic nitrogens is 1. The molecule has 0 saturated carbocycles. The van der Waals surface area contributed by atoms with Crippen LogP contribution in [0.15, 0.2) is 82.6 Å². The second-order valence-corrected chi connectivity index (χ2v) is 11.4. The number of fused-ring (bicyclic) bond motifs is 4. The third-order valence-corrected chi connectivity index (χ3v) is 9.01. The summed E-state index contributed by atoms with van der Waals surface area (Å²) < 4.78 is 13.0. The van der Waals surface area contributed by atoms with Crippen molar-refractivity contribution in [2.75, 3.05) is 40.0 Å². The minimum absolute atomic E-state index is 0.544. The molecular formula is C31H31BrN4O2. The Morgan fingerprint density at radius 3 is 2.68 bits per heavy atom. The van der Waals surface area contributed by atoms with Crippen LogP contribution in [0.5, 0.6) is 11.5 Å². The van der Waals surface area contributed by atoms with E-state index in [9.17, 15) is 0 Å². The van der Waals surface area contributed by atoms with Crippen molar-refractivity contribution in [3.05, 3.63) is 99.3 Å². The van der Waals surface area contributed by atoms with Gasteiger partial charge in [0, 0.05) is 79.1 Å². The van der Waals surface area contributed by atoms with E-state index in [0.717, 1.165) is 62.8 Å². The second-order valence-electron chi connectivity index (χ2n) is 10.5. The fraction of sp³-hybridized carbons (Fsp3) is 0.323. The van der Waals surface area contributed by atoms with Gasteiger partial charge in [-0.3, -0.25) is 14.8 Å². The average Bonchev–Trinajstić information content (AvgIpc) is 3.62. The molecule has 0 amide bonds. The molecule has 0 spiro atoms.